The lowest BCUT2D eigenvalue weighted by molar-refractivity contribution is 0.0739. The summed E-state index contributed by atoms with van der Waals surface area (Å²) in [6, 6.07) is 6.17. The van der Waals surface area contributed by atoms with Gasteiger partial charge in [0.2, 0.25) is 0 Å². The van der Waals surface area contributed by atoms with Crippen LogP contribution in [0.4, 0.5) is 0 Å². The summed E-state index contributed by atoms with van der Waals surface area (Å²) in [4.78, 5) is 12.8. The van der Waals surface area contributed by atoms with Gasteiger partial charge in [0.05, 0.1) is 0 Å². The van der Waals surface area contributed by atoms with E-state index in [2.05, 4.69) is 48.0 Å². The van der Waals surface area contributed by atoms with Gasteiger partial charge >= 0.3 is 0 Å². The molecule has 1 aromatic carbocycles. The fraction of sp³-hybridized carbons (Fsp3) is 0.471. The standard InChI is InChI=1S/C17H19BrO/c1-3-12-6-7-17(9-11(12)2)10-13-4-5-14(18)8-15(13)16(17)19/h3-5,8,11H,6-7,9-10H2,1-2H3. The average molecular weight is 319 g/mol. The molecular weight excluding hydrogens is 300 g/mol. The summed E-state index contributed by atoms with van der Waals surface area (Å²) in [6.07, 6.45) is 6.29. The highest BCUT2D eigenvalue weighted by molar-refractivity contribution is 9.10. The van der Waals surface area contributed by atoms with Crippen LogP contribution in [0.25, 0.3) is 0 Å². The van der Waals surface area contributed by atoms with Gasteiger partial charge in [-0.15, -0.1) is 0 Å². The van der Waals surface area contributed by atoms with Gasteiger partial charge in [0.15, 0.2) is 5.78 Å². The van der Waals surface area contributed by atoms with Gasteiger partial charge in [0.25, 0.3) is 0 Å². The van der Waals surface area contributed by atoms with E-state index in [4.69, 9.17) is 0 Å². The van der Waals surface area contributed by atoms with Crippen LogP contribution >= 0.6 is 15.9 Å². The molecule has 0 amide bonds. The van der Waals surface area contributed by atoms with E-state index < -0.39 is 0 Å². The normalized spacial score (nSPS) is 32.1. The van der Waals surface area contributed by atoms with Crippen LogP contribution in [-0.4, -0.2) is 5.78 Å². The number of allylic oxidation sites excluding steroid dienone is 2. The van der Waals surface area contributed by atoms with Crippen molar-refractivity contribution < 1.29 is 4.79 Å². The number of benzene rings is 1. The number of fused-ring (bicyclic) bond motifs is 1. The second-order valence-electron chi connectivity index (χ2n) is 6.06. The first-order valence-electron chi connectivity index (χ1n) is 7.04. The molecule has 2 aliphatic carbocycles. The van der Waals surface area contributed by atoms with Gasteiger partial charge in [0, 0.05) is 15.5 Å². The Hall–Kier alpha value is -0.890. The molecule has 2 atom stereocenters. The first-order valence-corrected chi connectivity index (χ1v) is 7.83. The van der Waals surface area contributed by atoms with Crippen molar-refractivity contribution in [1.29, 1.82) is 0 Å². The number of carbonyl (C=O) groups is 1. The Balaban J connectivity index is 1.95. The Morgan fingerprint density at radius 3 is 2.89 bits per heavy atom. The predicted molar refractivity (Wildman–Crippen MR) is 81.4 cm³/mol. The Bertz CT molecular complexity index is 573. The van der Waals surface area contributed by atoms with Crippen molar-refractivity contribution in [3.8, 4) is 0 Å². The molecule has 0 aliphatic heterocycles. The molecule has 19 heavy (non-hydrogen) atoms. The number of ketones is 1. The minimum atomic E-state index is -0.116. The first-order chi connectivity index (χ1) is 9.05. The molecule has 0 saturated heterocycles. The molecule has 1 aromatic rings. The maximum Gasteiger partial charge on any atom is 0.169 e. The smallest absolute Gasteiger partial charge is 0.169 e. The molecule has 1 nitrogen and oxygen atoms in total. The van der Waals surface area contributed by atoms with Crippen LogP contribution in [0, 0.1) is 11.3 Å². The van der Waals surface area contributed by atoms with Crippen molar-refractivity contribution >= 4 is 21.7 Å². The number of hydrogen-bond donors (Lipinski definition) is 0. The minimum Gasteiger partial charge on any atom is -0.294 e. The van der Waals surface area contributed by atoms with E-state index in [-0.39, 0.29) is 5.41 Å². The third kappa shape index (κ3) is 2.01. The highest BCUT2D eigenvalue weighted by atomic mass is 79.9. The van der Waals surface area contributed by atoms with Crippen molar-refractivity contribution in [3.63, 3.8) is 0 Å². The third-order valence-electron chi connectivity index (χ3n) is 4.92. The highest BCUT2D eigenvalue weighted by Gasteiger charge is 2.47. The topological polar surface area (TPSA) is 17.1 Å². The second kappa shape index (κ2) is 4.59. The van der Waals surface area contributed by atoms with Gasteiger partial charge in [0.1, 0.15) is 0 Å². The number of carbonyl (C=O) groups excluding carboxylic acids is 1. The van der Waals surface area contributed by atoms with Gasteiger partial charge in [-0.2, -0.15) is 0 Å². The zero-order valence-corrected chi connectivity index (χ0v) is 13.1. The Morgan fingerprint density at radius 1 is 1.42 bits per heavy atom. The van der Waals surface area contributed by atoms with Crippen molar-refractivity contribution in [2.45, 2.75) is 39.5 Å². The summed E-state index contributed by atoms with van der Waals surface area (Å²) >= 11 is 3.48. The maximum atomic E-state index is 12.8. The predicted octanol–water partition coefficient (Wildman–Crippen LogP) is 4.94. The minimum absolute atomic E-state index is 0.116. The number of Topliss-reactive ketones (excluding diaryl/α,β-unsaturated/α-hetero) is 1. The van der Waals surface area contributed by atoms with E-state index in [1.165, 1.54) is 11.1 Å². The molecule has 1 spiro atoms. The van der Waals surface area contributed by atoms with Crippen LogP contribution in [-0.2, 0) is 6.42 Å². The first kappa shape index (κ1) is 13.1. The van der Waals surface area contributed by atoms with Gasteiger partial charge in [-0.25, -0.2) is 0 Å². The molecule has 0 N–H and O–H groups in total. The molecular formula is C17H19BrO. The van der Waals surface area contributed by atoms with Gasteiger partial charge in [-0.05, 0) is 56.2 Å². The zero-order valence-electron chi connectivity index (χ0n) is 11.5. The van der Waals surface area contributed by atoms with Crippen molar-refractivity contribution in [3.05, 3.63) is 45.4 Å². The molecule has 0 aromatic heterocycles. The van der Waals surface area contributed by atoms with Crippen LogP contribution in [0.5, 0.6) is 0 Å². The summed E-state index contributed by atoms with van der Waals surface area (Å²) in [5, 5.41) is 0. The van der Waals surface area contributed by atoms with E-state index in [1.54, 1.807) is 0 Å². The molecule has 2 aliphatic rings. The number of halogens is 1. The van der Waals surface area contributed by atoms with E-state index >= 15 is 0 Å². The van der Waals surface area contributed by atoms with Crippen LogP contribution in [0.15, 0.2) is 34.3 Å². The van der Waals surface area contributed by atoms with E-state index in [0.29, 0.717) is 11.7 Å². The van der Waals surface area contributed by atoms with Crippen molar-refractivity contribution in [2.24, 2.45) is 11.3 Å². The lowest BCUT2D eigenvalue weighted by Gasteiger charge is -2.37. The summed E-state index contributed by atoms with van der Waals surface area (Å²) in [7, 11) is 0. The van der Waals surface area contributed by atoms with Crippen molar-refractivity contribution in [2.75, 3.05) is 0 Å². The third-order valence-corrected chi connectivity index (χ3v) is 5.41. The average Bonchev–Trinajstić information content (AvgIpc) is 2.64. The fourth-order valence-electron chi connectivity index (χ4n) is 3.89. The van der Waals surface area contributed by atoms with E-state index in [9.17, 15) is 4.79 Å². The monoisotopic (exact) mass is 318 g/mol. The van der Waals surface area contributed by atoms with Gasteiger partial charge < -0.3 is 0 Å². The van der Waals surface area contributed by atoms with Crippen molar-refractivity contribution in [1.82, 2.24) is 0 Å². The van der Waals surface area contributed by atoms with Crippen LogP contribution in [0.1, 0.15) is 49.0 Å². The summed E-state index contributed by atoms with van der Waals surface area (Å²) in [6.45, 7) is 4.38. The summed E-state index contributed by atoms with van der Waals surface area (Å²) < 4.78 is 1.01. The Kier molecular flexibility index (Phi) is 3.17. The Morgan fingerprint density at radius 2 is 2.21 bits per heavy atom. The molecule has 100 valence electrons. The van der Waals surface area contributed by atoms with Gasteiger partial charge in [-0.3, -0.25) is 4.79 Å². The van der Waals surface area contributed by atoms with E-state index in [0.717, 1.165) is 35.7 Å². The second-order valence-corrected chi connectivity index (χ2v) is 6.97. The molecule has 3 rings (SSSR count). The molecule has 0 radical (unpaired) electrons. The SMILES string of the molecule is CC=C1CCC2(Cc3ccc(Br)cc3C2=O)CC1C. The summed E-state index contributed by atoms with van der Waals surface area (Å²) in [5.74, 6) is 0.922. The zero-order chi connectivity index (χ0) is 13.6. The molecule has 0 bridgehead atoms. The molecule has 0 heterocycles. The van der Waals surface area contributed by atoms with E-state index in [1.807, 2.05) is 6.07 Å². The van der Waals surface area contributed by atoms with Crippen LogP contribution < -0.4 is 0 Å². The maximum absolute atomic E-state index is 12.8. The quantitative estimate of drug-likeness (QED) is 0.619. The molecule has 2 unspecified atom stereocenters. The van der Waals surface area contributed by atoms with Gasteiger partial charge in [-0.1, -0.05) is 40.6 Å². The summed E-state index contributed by atoms with van der Waals surface area (Å²) in [5.41, 5.74) is 3.60. The molecule has 1 saturated carbocycles. The Labute approximate surface area is 123 Å². The highest BCUT2D eigenvalue weighted by Crippen LogP contribution is 2.50. The van der Waals surface area contributed by atoms with Crippen LogP contribution in [0.3, 0.4) is 0 Å². The number of hydrogen-bond acceptors (Lipinski definition) is 1. The molecule has 1 fully saturated rings. The van der Waals surface area contributed by atoms with Crippen LogP contribution in [0.2, 0.25) is 0 Å². The fourth-order valence-corrected chi connectivity index (χ4v) is 4.25. The number of rotatable bonds is 0. The lowest BCUT2D eigenvalue weighted by atomic mass is 9.66. The lowest BCUT2D eigenvalue weighted by Crippen LogP contribution is -2.34. The molecule has 2 heteroatoms. The largest absolute Gasteiger partial charge is 0.294 e.